The average molecular weight is 248 g/mol. The first-order valence-electron chi connectivity index (χ1n) is 5.43. The lowest BCUT2D eigenvalue weighted by Gasteiger charge is -2.14. The topological polar surface area (TPSA) is 55.2 Å². The molecule has 0 aliphatic carbocycles. The van der Waals surface area contributed by atoms with E-state index in [1.807, 2.05) is 0 Å². The zero-order valence-corrected chi connectivity index (χ0v) is 10.1. The highest BCUT2D eigenvalue weighted by atomic mass is 19.1. The van der Waals surface area contributed by atoms with Crippen LogP contribution in [-0.4, -0.2) is 22.2 Å². The molecule has 2 rings (SSSR count). The predicted octanol–water partition coefficient (Wildman–Crippen LogP) is 2.01. The largest absolute Gasteiger partial charge is 0.480 e. The van der Waals surface area contributed by atoms with E-state index in [-0.39, 0.29) is 17.1 Å². The zero-order valence-electron chi connectivity index (χ0n) is 10.1. The van der Waals surface area contributed by atoms with E-state index in [9.17, 15) is 9.50 Å². The molecule has 18 heavy (non-hydrogen) atoms. The molecule has 5 heteroatoms. The van der Waals surface area contributed by atoms with Crippen molar-refractivity contribution in [1.82, 2.24) is 9.97 Å². The van der Waals surface area contributed by atoms with E-state index in [2.05, 4.69) is 9.97 Å². The van der Waals surface area contributed by atoms with Crippen LogP contribution in [0.25, 0.3) is 0 Å². The van der Waals surface area contributed by atoms with Crippen molar-refractivity contribution in [1.29, 1.82) is 0 Å². The van der Waals surface area contributed by atoms with Gasteiger partial charge in [0.2, 0.25) is 5.88 Å². The Kier molecular flexibility index (Phi) is 3.53. The summed E-state index contributed by atoms with van der Waals surface area (Å²) in [6.07, 6.45) is 1.67. The van der Waals surface area contributed by atoms with Crippen LogP contribution in [0.3, 0.4) is 0 Å². The minimum Gasteiger partial charge on any atom is -0.480 e. The molecule has 1 atom stereocenters. The van der Waals surface area contributed by atoms with Crippen molar-refractivity contribution >= 4 is 0 Å². The van der Waals surface area contributed by atoms with Gasteiger partial charge in [-0.1, -0.05) is 18.2 Å². The number of nitrogens with zero attached hydrogens (tertiary/aromatic N) is 2. The monoisotopic (exact) mass is 248 g/mol. The normalized spacial score (nSPS) is 12.2. The van der Waals surface area contributed by atoms with Crippen LogP contribution >= 0.6 is 0 Å². The average Bonchev–Trinajstić information content (AvgIpc) is 2.41. The first-order valence-corrected chi connectivity index (χ1v) is 5.43. The number of methoxy groups -OCH3 is 1. The molecule has 1 unspecified atom stereocenters. The van der Waals surface area contributed by atoms with Gasteiger partial charge in [0.15, 0.2) is 0 Å². The van der Waals surface area contributed by atoms with Crippen molar-refractivity contribution in [3.63, 3.8) is 0 Å². The molecule has 2 aromatic rings. The summed E-state index contributed by atoms with van der Waals surface area (Å²) in [5, 5.41) is 10.2. The molecule has 0 bridgehead atoms. The van der Waals surface area contributed by atoms with E-state index in [0.29, 0.717) is 5.56 Å². The SMILES string of the molecule is COc1nccnc1C(O)c1cccc(C)c1F. The van der Waals surface area contributed by atoms with Crippen LogP contribution in [0.1, 0.15) is 22.9 Å². The number of hydrogen-bond donors (Lipinski definition) is 1. The third-order valence-electron chi connectivity index (χ3n) is 2.66. The molecule has 1 aromatic carbocycles. The quantitative estimate of drug-likeness (QED) is 0.902. The van der Waals surface area contributed by atoms with Crippen molar-refractivity contribution in [3.05, 3.63) is 53.2 Å². The van der Waals surface area contributed by atoms with Gasteiger partial charge in [0.25, 0.3) is 0 Å². The third-order valence-corrected chi connectivity index (χ3v) is 2.66. The highest BCUT2D eigenvalue weighted by Gasteiger charge is 2.21. The molecule has 0 radical (unpaired) electrons. The number of aliphatic hydroxyl groups is 1. The summed E-state index contributed by atoms with van der Waals surface area (Å²) in [4.78, 5) is 7.92. The molecule has 94 valence electrons. The second kappa shape index (κ2) is 5.10. The Morgan fingerprint density at radius 3 is 2.72 bits per heavy atom. The molecule has 0 spiro atoms. The van der Waals surface area contributed by atoms with Gasteiger partial charge in [-0.3, -0.25) is 4.98 Å². The number of rotatable bonds is 3. The molecule has 0 saturated carbocycles. The van der Waals surface area contributed by atoms with Crippen molar-refractivity contribution in [2.45, 2.75) is 13.0 Å². The zero-order chi connectivity index (χ0) is 13.1. The number of halogens is 1. The lowest BCUT2D eigenvalue weighted by Crippen LogP contribution is -2.08. The predicted molar refractivity (Wildman–Crippen MR) is 63.8 cm³/mol. The Morgan fingerprint density at radius 2 is 2.00 bits per heavy atom. The van der Waals surface area contributed by atoms with Crippen LogP contribution in [0, 0.1) is 12.7 Å². The molecule has 0 saturated heterocycles. The first-order chi connectivity index (χ1) is 8.65. The van der Waals surface area contributed by atoms with E-state index >= 15 is 0 Å². The Morgan fingerprint density at radius 1 is 1.28 bits per heavy atom. The van der Waals surface area contributed by atoms with Crippen molar-refractivity contribution in [3.8, 4) is 5.88 Å². The second-order valence-electron chi connectivity index (χ2n) is 3.83. The fourth-order valence-electron chi connectivity index (χ4n) is 1.71. The molecule has 0 amide bonds. The van der Waals surface area contributed by atoms with E-state index in [1.54, 1.807) is 19.1 Å². The van der Waals surface area contributed by atoms with Gasteiger partial charge >= 0.3 is 0 Å². The second-order valence-corrected chi connectivity index (χ2v) is 3.83. The Labute approximate surface area is 104 Å². The Bertz CT molecular complexity index is 560. The van der Waals surface area contributed by atoms with E-state index in [1.165, 1.54) is 25.6 Å². The molecule has 1 heterocycles. The van der Waals surface area contributed by atoms with Crippen LogP contribution in [0.2, 0.25) is 0 Å². The fourth-order valence-corrected chi connectivity index (χ4v) is 1.71. The lowest BCUT2D eigenvalue weighted by atomic mass is 10.0. The summed E-state index contributed by atoms with van der Waals surface area (Å²) in [5.41, 5.74) is 0.827. The van der Waals surface area contributed by atoms with E-state index in [0.717, 1.165) is 0 Å². The van der Waals surface area contributed by atoms with Crippen LogP contribution in [-0.2, 0) is 0 Å². The van der Waals surface area contributed by atoms with Gasteiger partial charge in [0.05, 0.1) is 7.11 Å². The van der Waals surface area contributed by atoms with Gasteiger partial charge in [-0.2, -0.15) is 0 Å². The molecular formula is C13H13FN2O2. The smallest absolute Gasteiger partial charge is 0.238 e. The molecule has 0 aliphatic rings. The lowest BCUT2D eigenvalue weighted by molar-refractivity contribution is 0.202. The van der Waals surface area contributed by atoms with Gasteiger partial charge in [0.1, 0.15) is 17.6 Å². The summed E-state index contributed by atoms with van der Waals surface area (Å²) < 4.78 is 18.9. The number of aliphatic hydroxyl groups excluding tert-OH is 1. The number of aromatic nitrogens is 2. The molecule has 1 aromatic heterocycles. The molecular weight excluding hydrogens is 235 g/mol. The van der Waals surface area contributed by atoms with E-state index < -0.39 is 11.9 Å². The summed E-state index contributed by atoms with van der Waals surface area (Å²) in [7, 11) is 1.42. The Balaban J connectivity index is 2.48. The van der Waals surface area contributed by atoms with Crippen molar-refractivity contribution in [2.75, 3.05) is 7.11 Å². The van der Waals surface area contributed by atoms with Crippen LogP contribution < -0.4 is 4.74 Å². The number of benzene rings is 1. The molecule has 0 aliphatic heterocycles. The Hall–Kier alpha value is -2.01. The third kappa shape index (κ3) is 2.17. The van der Waals surface area contributed by atoms with Crippen molar-refractivity contribution < 1.29 is 14.2 Å². The number of aryl methyl sites for hydroxylation is 1. The highest BCUT2D eigenvalue weighted by molar-refractivity contribution is 5.34. The fraction of sp³-hybridized carbons (Fsp3) is 0.231. The van der Waals surface area contributed by atoms with Gasteiger partial charge in [-0.05, 0) is 12.5 Å². The summed E-state index contributed by atoms with van der Waals surface area (Å²) in [6.45, 7) is 1.64. The van der Waals surface area contributed by atoms with Gasteiger partial charge in [0, 0.05) is 18.0 Å². The summed E-state index contributed by atoms with van der Waals surface area (Å²) >= 11 is 0. The molecule has 1 N–H and O–H groups in total. The van der Waals surface area contributed by atoms with Crippen LogP contribution in [0.4, 0.5) is 4.39 Å². The molecule has 0 fully saturated rings. The maximum absolute atomic E-state index is 13.9. The standard InChI is InChI=1S/C13H13FN2O2/c1-8-4-3-5-9(10(8)14)12(17)11-13(18-2)16-7-6-15-11/h3-7,12,17H,1-2H3. The number of hydrogen-bond acceptors (Lipinski definition) is 4. The van der Waals surface area contributed by atoms with Crippen LogP contribution in [0.5, 0.6) is 5.88 Å². The van der Waals surface area contributed by atoms with Gasteiger partial charge in [-0.25, -0.2) is 9.37 Å². The van der Waals surface area contributed by atoms with Crippen molar-refractivity contribution in [2.24, 2.45) is 0 Å². The van der Waals surface area contributed by atoms with Crippen LogP contribution in [0.15, 0.2) is 30.6 Å². The molecule has 4 nitrogen and oxygen atoms in total. The highest BCUT2D eigenvalue weighted by Crippen LogP contribution is 2.28. The summed E-state index contributed by atoms with van der Waals surface area (Å²) in [5.74, 6) is -0.261. The minimum atomic E-state index is -1.20. The maximum atomic E-state index is 13.9. The van der Waals surface area contributed by atoms with E-state index in [4.69, 9.17) is 4.74 Å². The summed E-state index contributed by atoms with van der Waals surface area (Å²) in [6, 6.07) is 4.83. The van der Waals surface area contributed by atoms with Gasteiger partial charge < -0.3 is 9.84 Å². The number of ether oxygens (including phenoxy) is 1. The maximum Gasteiger partial charge on any atom is 0.238 e. The first kappa shape index (κ1) is 12.4. The minimum absolute atomic E-state index is 0.161. The van der Waals surface area contributed by atoms with Gasteiger partial charge in [-0.15, -0.1) is 0 Å².